The fourth-order valence-corrected chi connectivity index (χ4v) is 1.60. The van der Waals surface area contributed by atoms with Gasteiger partial charge in [-0.2, -0.15) is 5.10 Å². The molecule has 0 aliphatic rings. The van der Waals surface area contributed by atoms with E-state index in [4.69, 9.17) is 4.74 Å². The Morgan fingerprint density at radius 1 is 1.27 bits per heavy atom. The number of nitrogens with one attached hydrogen (secondary N) is 2. The van der Waals surface area contributed by atoms with E-state index in [9.17, 15) is 14.0 Å². The molecule has 0 fully saturated rings. The van der Waals surface area contributed by atoms with Crippen molar-refractivity contribution in [3.05, 3.63) is 48.0 Å². The molecule has 0 bridgehead atoms. The molecule has 8 heteroatoms. The van der Waals surface area contributed by atoms with Gasteiger partial charge >= 0.3 is 0 Å². The first-order valence-corrected chi connectivity index (χ1v) is 6.47. The number of carbonyl (C=O) groups excluding carboxylic acids is 2. The van der Waals surface area contributed by atoms with Gasteiger partial charge in [-0.25, -0.2) is 4.39 Å². The molecule has 0 spiro atoms. The monoisotopic (exact) mass is 306 g/mol. The number of halogens is 1. The molecule has 0 saturated heterocycles. The van der Waals surface area contributed by atoms with Crippen molar-refractivity contribution in [1.82, 2.24) is 20.6 Å². The topological polar surface area (TPSA) is 85.2 Å². The van der Waals surface area contributed by atoms with Gasteiger partial charge < -0.3 is 4.74 Å². The Kier molecular flexibility index (Phi) is 4.72. The second-order valence-corrected chi connectivity index (χ2v) is 4.56. The van der Waals surface area contributed by atoms with Crippen LogP contribution in [-0.2, 0) is 11.8 Å². The largest absolute Gasteiger partial charge is 0.481 e. The van der Waals surface area contributed by atoms with E-state index < -0.39 is 23.7 Å². The van der Waals surface area contributed by atoms with Crippen LogP contribution in [0, 0.1) is 5.82 Å². The molecule has 2 amide bonds. The highest BCUT2D eigenvalue weighted by molar-refractivity contribution is 5.95. The van der Waals surface area contributed by atoms with Gasteiger partial charge in [-0.3, -0.25) is 25.1 Å². The summed E-state index contributed by atoms with van der Waals surface area (Å²) in [6.45, 7) is 1.51. The van der Waals surface area contributed by atoms with Gasteiger partial charge in [-0.05, 0) is 31.2 Å². The molecular weight excluding hydrogens is 291 g/mol. The molecule has 0 aliphatic carbocycles. The quantitative estimate of drug-likeness (QED) is 0.818. The van der Waals surface area contributed by atoms with Gasteiger partial charge in [0.2, 0.25) is 0 Å². The number of aromatic nitrogens is 2. The molecule has 1 atom stereocenters. The minimum atomic E-state index is -0.861. The van der Waals surface area contributed by atoms with E-state index in [-0.39, 0.29) is 0 Å². The normalized spacial score (nSPS) is 11.6. The van der Waals surface area contributed by atoms with Crippen LogP contribution in [0.5, 0.6) is 5.75 Å². The van der Waals surface area contributed by atoms with Crippen molar-refractivity contribution in [1.29, 1.82) is 0 Å². The van der Waals surface area contributed by atoms with Gasteiger partial charge in [0.25, 0.3) is 11.8 Å². The van der Waals surface area contributed by atoms with Crippen LogP contribution in [0.1, 0.15) is 17.3 Å². The molecule has 1 aromatic heterocycles. The third kappa shape index (κ3) is 4.05. The molecule has 2 N–H and O–H groups in total. The van der Waals surface area contributed by atoms with Crippen LogP contribution in [0.2, 0.25) is 0 Å². The second-order valence-electron chi connectivity index (χ2n) is 4.56. The predicted molar refractivity (Wildman–Crippen MR) is 75.3 cm³/mol. The summed E-state index contributed by atoms with van der Waals surface area (Å²) < 4.78 is 19.6. The first kappa shape index (κ1) is 15.5. The van der Waals surface area contributed by atoms with E-state index in [0.29, 0.717) is 11.3 Å². The van der Waals surface area contributed by atoms with Gasteiger partial charge in [-0.15, -0.1) is 0 Å². The first-order chi connectivity index (χ1) is 10.5. The van der Waals surface area contributed by atoms with Crippen LogP contribution < -0.4 is 15.6 Å². The van der Waals surface area contributed by atoms with Crippen molar-refractivity contribution >= 4 is 11.8 Å². The molecule has 1 heterocycles. The van der Waals surface area contributed by atoms with E-state index >= 15 is 0 Å². The lowest BCUT2D eigenvalue weighted by Crippen LogP contribution is -2.47. The average molecular weight is 306 g/mol. The molecule has 0 radical (unpaired) electrons. The van der Waals surface area contributed by atoms with Crippen LogP contribution >= 0.6 is 0 Å². The van der Waals surface area contributed by atoms with Gasteiger partial charge in [0.05, 0.1) is 11.8 Å². The van der Waals surface area contributed by atoms with Crippen molar-refractivity contribution in [3.8, 4) is 5.75 Å². The third-order valence-corrected chi connectivity index (χ3v) is 2.76. The smallest absolute Gasteiger partial charge is 0.279 e. The Balaban J connectivity index is 1.83. The summed E-state index contributed by atoms with van der Waals surface area (Å²) in [6, 6.07) is 5.27. The maximum absolute atomic E-state index is 12.8. The van der Waals surface area contributed by atoms with Crippen molar-refractivity contribution < 1.29 is 18.7 Å². The number of carbonyl (C=O) groups is 2. The van der Waals surface area contributed by atoms with E-state index in [1.165, 1.54) is 48.3 Å². The first-order valence-electron chi connectivity index (χ1n) is 6.47. The lowest BCUT2D eigenvalue weighted by Gasteiger charge is -2.14. The Labute approximate surface area is 126 Å². The summed E-state index contributed by atoms with van der Waals surface area (Å²) in [5.41, 5.74) is 4.82. The lowest BCUT2D eigenvalue weighted by atomic mass is 10.3. The molecule has 2 rings (SSSR count). The minimum absolute atomic E-state index is 0.315. The van der Waals surface area contributed by atoms with Crippen LogP contribution in [0.3, 0.4) is 0 Å². The van der Waals surface area contributed by atoms with Crippen molar-refractivity contribution in [2.24, 2.45) is 7.05 Å². The molecular formula is C14H15FN4O3. The number of hydrogen-bond donors (Lipinski definition) is 2. The van der Waals surface area contributed by atoms with Gasteiger partial charge in [0.15, 0.2) is 6.10 Å². The zero-order chi connectivity index (χ0) is 16.1. The van der Waals surface area contributed by atoms with E-state index in [2.05, 4.69) is 16.0 Å². The predicted octanol–water partition coefficient (Wildman–Crippen LogP) is 0.788. The molecule has 2 aromatic rings. The molecule has 0 aliphatic heterocycles. The summed E-state index contributed by atoms with van der Waals surface area (Å²) in [5.74, 6) is -1.08. The molecule has 116 valence electrons. The Hall–Kier alpha value is -2.90. The highest BCUT2D eigenvalue weighted by atomic mass is 19.1. The van der Waals surface area contributed by atoms with Crippen molar-refractivity contribution in [2.45, 2.75) is 13.0 Å². The minimum Gasteiger partial charge on any atom is -0.481 e. The number of benzene rings is 1. The molecule has 0 saturated carbocycles. The Morgan fingerprint density at radius 2 is 1.95 bits per heavy atom. The third-order valence-electron chi connectivity index (χ3n) is 2.76. The lowest BCUT2D eigenvalue weighted by molar-refractivity contribution is -0.128. The Bertz CT molecular complexity index is 669. The van der Waals surface area contributed by atoms with E-state index in [0.717, 1.165) is 0 Å². The highest BCUT2D eigenvalue weighted by Gasteiger charge is 2.16. The van der Waals surface area contributed by atoms with Crippen LogP contribution in [0.25, 0.3) is 0 Å². The van der Waals surface area contributed by atoms with Crippen LogP contribution in [-0.4, -0.2) is 27.7 Å². The molecule has 7 nitrogen and oxygen atoms in total. The Morgan fingerprint density at radius 3 is 2.55 bits per heavy atom. The zero-order valence-electron chi connectivity index (χ0n) is 12.0. The van der Waals surface area contributed by atoms with Crippen molar-refractivity contribution in [3.63, 3.8) is 0 Å². The summed E-state index contributed by atoms with van der Waals surface area (Å²) in [5, 5.41) is 3.85. The van der Waals surface area contributed by atoms with E-state index in [1.807, 2.05) is 0 Å². The van der Waals surface area contributed by atoms with Crippen LogP contribution in [0.15, 0.2) is 36.7 Å². The number of hydrazine groups is 1. The maximum atomic E-state index is 12.8. The number of ether oxygens (including phenoxy) is 1. The summed E-state index contributed by atoms with van der Waals surface area (Å²) in [4.78, 5) is 23.5. The fourth-order valence-electron chi connectivity index (χ4n) is 1.60. The number of aryl methyl sites for hydroxylation is 1. The standard InChI is InChI=1S/C14H15FN4O3/c1-9(22-12-5-3-11(15)4-6-12)13(20)17-18-14(21)10-7-16-19(2)8-10/h3-9H,1-2H3,(H,17,20)(H,18,21)/t9-/m1/s1. The fraction of sp³-hybridized carbons (Fsp3) is 0.214. The molecule has 1 aromatic carbocycles. The average Bonchev–Trinajstić information content (AvgIpc) is 2.93. The number of hydrogen-bond acceptors (Lipinski definition) is 4. The van der Waals surface area contributed by atoms with Gasteiger partial charge in [0.1, 0.15) is 11.6 Å². The summed E-state index contributed by atoms with van der Waals surface area (Å²) in [7, 11) is 1.67. The molecule has 0 unspecified atom stereocenters. The zero-order valence-corrected chi connectivity index (χ0v) is 12.0. The number of nitrogens with zero attached hydrogens (tertiary/aromatic N) is 2. The molecule has 22 heavy (non-hydrogen) atoms. The summed E-state index contributed by atoms with van der Waals surface area (Å²) in [6.07, 6.45) is 2.03. The van der Waals surface area contributed by atoms with Gasteiger partial charge in [0, 0.05) is 13.2 Å². The maximum Gasteiger partial charge on any atom is 0.279 e. The van der Waals surface area contributed by atoms with Gasteiger partial charge in [-0.1, -0.05) is 0 Å². The number of amides is 2. The van der Waals surface area contributed by atoms with Crippen molar-refractivity contribution in [2.75, 3.05) is 0 Å². The SMILES string of the molecule is C[C@@H](Oc1ccc(F)cc1)C(=O)NNC(=O)c1cnn(C)c1. The highest BCUT2D eigenvalue weighted by Crippen LogP contribution is 2.12. The van der Waals surface area contributed by atoms with E-state index in [1.54, 1.807) is 7.05 Å². The second kappa shape index (κ2) is 6.70. The number of rotatable bonds is 4. The summed E-state index contributed by atoms with van der Waals surface area (Å²) >= 11 is 0. The van der Waals surface area contributed by atoms with Crippen LogP contribution in [0.4, 0.5) is 4.39 Å².